The summed E-state index contributed by atoms with van der Waals surface area (Å²) in [7, 11) is 0. The van der Waals surface area contributed by atoms with Crippen LogP contribution in [0.2, 0.25) is 0 Å². The van der Waals surface area contributed by atoms with Crippen LogP contribution in [-0.4, -0.2) is 24.4 Å². The molecule has 0 radical (unpaired) electrons. The summed E-state index contributed by atoms with van der Waals surface area (Å²) >= 11 is 0. The number of nitriles is 1. The van der Waals surface area contributed by atoms with Crippen LogP contribution in [0.1, 0.15) is 26.2 Å². The summed E-state index contributed by atoms with van der Waals surface area (Å²) in [6, 6.07) is 0.402. The molecule has 0 fully saturated rings. The van der Waals surface area contributed by atoms with Crippen LogP contribution in [0.3, 0.4) is 0 Å². The number of carbonyl (C=O) groups is 1. The minimum Gasteiger partial charge on any atom is -0.342 e. The van der Waals surface area contributed by atoms with E-state index in [4.69, 9.17) is 11.0 Å². The number of hydrogen-bond donors (Lipinski definition) is 2. The quantitative estimate of drug-likeness (QED) is 0.648. The highest BCUT2D eigenvalue weighted by Crippen LogP contribution is 2.25. The fraction of sp³-hybridized carbons (Fsp3) is 0.778. The molecule has 0 aliphatic heterocycles. The Labute approximate surface area is 87.4 Å². The van der Waals surface area contributed by atoms with Crippen molar-refractivity contribution in [3.8, 4) is 6.07 Å². The lowest BCUT2D eigenvalue weighted by molar-refractivity contribution is -0.124. The molecule has 1 atom stereocenters. The summed E-state index contributed by atoms with van der Waals surface area (Å²) in [5.74, 6) is -3.63. The zero-order chi connectivity index (χ0) is 11.9. The summed E-state index contributed by atoms with van der Waals surface area (Å²) in [4.78, 5) is 11.1. The van der Waals surface area contributed by atoms with Gasteiger partial charge in [0.25, 0.3) is 0 Å². The van der Waals surface area contributed by atoms with Gasteiger partial charge in [-0.15, -0.1) is 0 Å². The highest BCUT2D eigenvalue weighted by Gasteiger charge is 2.32. The van der Waals surface area contributed by atoms with Crippen LogP contribution in [0.15, 0.2) is 0 Å². The number of carbonyl (C=O) groups excluding carboxylic acids is 1. The SMILES string of the molecule is CCCC(F)(F)C[C@H](N)C(=O)NCC#N. The Morgan fingerprint density at radius 2 is 2.27 bits per heavy atom. The molecular formula is C9H15F2N3O. The van der Waals surface area contributed by atoms with Crippen molar-refractivity contribution in [3.63, 3.8) is 0 Å². The van der Waals surface area contributed by atoms with Crippen LogP contribution in [0.5, 0.6) is 0 Å². The van der Waals surface area contributed by atoms with Crippen molar-refractivity contribution < 1.29 is 13.6 Å². The van der Waals surface area contributed by atoms with Gasteiger partial charge in [-0.1, -0.05) is 13.3 Å². The van der Waals surface area contributed by atoms with Crippen molar-refractivity contribution in [3.05, 3.63) is 0 Å². The van der Waals surface area contributed by atoms with Gasteiger partial charge >= 0.3 is 0 Å². The van der Waals surface area contributed by atoms with Crippen molar-refractivity contribution in [2.75, 3.05) is 6.54 Å². The fourth-order valence-corrected chi connectivity index (χ4v) is 1.14. The lowest BCUT2D eigenvalue weighted by Crippen LogP contribution is -2.44. The molecule has 0 heterocycles. The van der Waals surface area contributed by atoms with E-state index in [-0.39, 0.29) is 13.0 Å². The number of alkyl halides is 2. The Morgan fingerprint density at radius 1 is 1.67 bits per heavy atom. The van der Waals surface area contributed by atoms with Gasteiger partial charge in [0.1, 0.15) is 6.54 Å². The Kier molecular flexibility index (Phi) is 5.79. The molecule has 0 bridgehead atoms. The third-order valence-electron chi connectivity index (χ3n) is 1.81. The maximum absolute atomic E-state index is 13.0. The van der Waals surface area contributed by atoms with E-state index in [2.05, 4.69) is 5.32 Å². The first-order chi connectivity index (χ1) is 6.93. The maximum Gasteiger partial charge on any atom is 0.250 e. The normalized spacial score (nSPS) is 13.0. The zero-order valence-corrected chi connectivity index (χ0v) is 8.59. The summed E-state index contributed by atoms with van der Waals surface area (Å²) in [5, 5.41) is 10.3. The predicted molar refractivity (Wildman–Crippen MR) is 51.1 cm³/mol. The van der Waals surface area contributed by atoms with E-state index in [1.54, 1.807) is 13.0 Å². The van der Waals surface area contributed by atoms with Crippen molar-refractivity contribution in [2.24, 2.45) is 5.73 Å². The van der Waals surface area contributed by atoms with Crippen molar-refractivity contribution in [2.45, 2.75) is 38.2 Å². The van der Waals surface area contributed by atoms with Gasteiger partial charge < -0.3 is 11.1 Å². The smallest absolute Gasteiger partial charge is 0.250 e. The summed E-state index contributed by atoms with van der Waals surface area (Å²) in [6.45, 7) is 1.42. The van der Waals surface area contributed by atoms with Crippen LogP contribution in [0.4, 0.5) is 8.78 Å². The van der Waals surface area contributed by atoms with E-state index in [1.807, 2.05) is 0 Å². The Balaban J connectivity index is 4.06. The molecule has 0 rings (SSSR count). The molecule has 0 aromatic rings. The lowest BCUT2D eigenvalue weighted by atomic mass is 10.0. The van der Waals surface area contributed by atoms with E-state index in [9.17, 15) is 13.6 Å². The first-order valence-electron chi connectivity index (χ1n) is 4.71. The number of halogens is 2. The van der Waals surface area contributed by atoms with E-state index in [0.717, 1.165) is 0 Å². The van der Waals surface area contributed by atoms with Crippen molar-refractivity contribution >= 4 is 5.91 Å². The van der Waals surface area contributed by atoms with Crippen LogP contribution < -0.4 is 11.1 Å². The second kappa shape index (κ2) is 6.30. The van der Waals surface area contributed by atoms with Gasteiger partial charge in [-0.3, -0.25) is 4.79 Å². The predicted octanol–water partition coefficient (Wildman–Crippen LogP) is 0.779. The van der Waals surface area contributed by atoms with Crippen LogP contribution in [0, 0.1) is 11.3 Å². The zero-order valence-electron chi connectivity index (χ0n) is 8.59. The Morgan fingerprint density at radius 3 is 2.73 bits per heavy atom. The van der Waals surface area contributed by atoms with Gasteiger partial charge in [0.05, 0.1) is 12.1 Å². The molecule has 0 spiro atoms. The van der Waals surface area contributed by atoms with Gasteiger partial charge in [0.2, 0.25) is 11.8 Å². The monoisotopic (exact) mass is 219 g/mol. The molecule has 86 valence electrons. The van der Waals surface area contributed by atoms with Gasteiger partial charge in [0, 0.05) is 12.8 Å². The minimum atomic E-state index is -2.92. The average Bonchev–Trinajstić information content (AvgIpc) is 2.13. The van der Waals surface area contributed by atoms with E-state index in [0.29, 0.717) is 6.42 Å². The second-order valence-electron chi connectivity index (χ2n) is 3.29. The molecule has 0 aliphatic carbocycles. The number of nitrogens with two attached hydrogens (primary N) is 1. The molecule has 0 aromatic carbocycles. The van der Waals surface area contributed by atoms with E-state index in [1.165, 1.54) is 0 Å². The molecule has 0 saturated carbocycles. The summed E-state index contributed by atoms with van der Waals surface area (Å²) in [6.07, 6.45) is -0.635. The van der Waals surface area contributed by atoms with Crippen LogP contribution in [0.25, 0.3) is 0 Å². The molecule has 0 aliphatic rings. The Hall–Kier alpha value is -1.22. The summed E-state index contributed by atoms with van der Waals surface area (Å²) in [5.41, 5.74) is 5.27. The van der Waals surface area contributed by atoms with Crippen molar-refractivity contribution in [1.82, 2.24) is 5.32 Å². The molecule has 4 nitrogen and oxygen atoms in total. The molecular weight excluding hydrogens is 204 g/mol. The van der Waals surface area contributed by atoms with E-state index < -0.39 is 24.3 Å². The molecule has 6 heteroatoms. The molecule has 0 aromatic heterocycles. The first-order valence-corrected chi connectivity index (χ1v) is 4.71. The first kappa shape index (κ1) is 13.8. The van der Waals surface area contributed by atoms with Gasteiger partial charge in [-0.25, -0.2) is 8.78 Å². The van der Waals surface area contributed by atoms with Crippen LogP contribution >= 0.6 is 0 Å². The summed E-state index contributed by atoms with van der Waals surface area (Å²) < 4.78 is 26.1. The molecule has 0 saturated heterocycles. The lowest BCUT2D eigenvalue weighted by Gasteiger charge is -2.19. The van der Waals surface area contributed by atoms with Gasteiger partial charge in [0.15, 0.2) is 0 Å². The standard InChI is InChI=1S/C9H15F2N3O/c1-2-3-9(10,11)6-7(13)8(15)14-5-4-12/h7H,2-3,5-6,13H2,1H3,(H,14,15)/t7-/m0/s1. The largest absolute Gasteiger partial charge is 0.342 e. The minimum absolute atomic E-state index is 0.216. The average molecular weight is 219 g/mol. The maximum atomic E-state index is 13.0. The number of amides is 1. The second-order valence-corrected chi connectivity index (χ2v) is 3.29. The van der Waals surface area contributed by atoms with Crippen LogP contribution in [-0.2, 0) is 4.79 Å². The third-order valence-corrected chi connectivity index (χ3v) is 1.81. The third kappa shape index (κ3) is 5.96. The van der Waals surface area contributed by atoms with E-state index >= 15 is 0 Å². The fourth-order valence-electron chi connectivity index (χ4n) is 1.14. The topological polar surface area (TPSA) is 78.9 Å². The number of hydrogen-bond acceptors (Lipinski definition) is 3. The Bertz CT molecular complexity index is 250. The number of nitrogens with zero attached hydrogens (tertiary/aromatic N) is 1. The molecule has 15 heavy (non-hydrogen) atoms. The van der Waals surface area contributed by atoms with Gasteiger partial charge in [-0.2, -0.15) is 5.26 Å². The molecule has 0 unspecified atom stereocenters. The highest BCUT2D eigenvalue weighted by molar-refractivity contribution is 5.81. The molecule has 3 N–H and O–H groups in total. The highest BCUT2D eigenvalue weighted by atomic mass is 19.3. The molecule has 1 amide bonds. The van der Waals surface area contributed by atoms with Gasteiger partial charge in [-0.05, 0) is 0 Å². The number of rotatable bonds is 6. The van der Waals surface area contributed by atoms with Crippen molar-refractivity contribution in [1.29, 1.82) is 5.26 Å². The number of nitrogens with one attached hydrogen (secondary N) is 1.